The number of nitrogens with zero attached hydrogens (tertiary/aromatic N) is 1. The van der Waals surface area contributed by atoms with E-state index in [4.69, 9.17) is 0 Å². The van der Waals surface area contributed by atoms with Gasteiger partial charge in [-0.1, -0.05) is 44.7 Å². The number of para-hydroxylation sites is 2. The van der Waals surface area contributed by atoms with Crippen molar-refractivity contribution in [3.05, 3.63) is 24.3 Å². The number of imidazole rings is 1. The van der Waals surface area contributed by atoms with E-state index in [9.17, 15) is 0 Å². The van der Waals surface area contributed by atoms with Gasteiger partial charge in [-0.15, -0.1) is 0 Å². The lowest BCUT2D eigenvalue weighted by molar-refractivity contribution is 0.305. The van der Waals surface area contributed by atoms with Crippen LogP contribution in [0.2, 0.25) is 0 Å². The van der Waals surface area contributed by atoms with Gasteiger partial charge in [0, 0.05) is 11.8 Å². The second-order valence-corrected chi connectivity index (χ2v) is 6.59. The molecule has 98 valence electrons. The van der Waals surface area contributed by atoms with Crippen molar-refractivity contribution < 1.29 is 0 Å². The van der Waals surface area contributed by atoms with E-state index in [1.165, 1.54) is 0 Å². The van der Waals surface area contributed by atoms with E-state index in [2.05, 4.69) is 42.1 Å². The van der Waals surface area contributed by atoms with Crippen molar-refractivity contribution in [1.82, 2.24) is 15.3 Å². The molecule has 18 heavy (non-hydrogen) atoms. The van der Waals surface area contributed by atoms with E-state index in [0.717, 1.165) is 21.9 Å². The molecule has 0 spiro atoms. The highest BCUT2D eigenvalue weighted by Crippen LogP contribution is 2.26. The molecule has 2 rings (SSSR count). The molecule has 1 aromatic heterocycles. The molecule has 2 N–H and O–H groups in total. The van der Waals surface area contributed by atoms with Crippen LogP contribution in [0.1, 0.15) is 20.8 Å². The Morgan fingerprint density at radius 1 is 1.33 bits per heavy atom. The van der Waals surface area contributed by atoms with Crippen molar-refractivity contribution in [2.45, 2.75) is 32.0 Å². The molecule has 1 heterocycles. The Kier molecular flexibility index (Phi) is 3.97. The second-order valence-electron chi connectivity index (χ2n) is 5.58. The summed E-state index contributed by atoms with van der Waals surface area (Å²) in [7, 11) is 2.02. The normalized spacial score (nSPS) is 14.0. The fourth-order valence-electron chi connectivity index (χ4n) is 1.93. The fourth-order valence-corrected chi connectivity index (χ4v) is 3.26. The highest BCUT2D eigenvalue weighted by Gasteiger charge is 2.23. The first-order valence-corrected chi connectivity index (χ1v) is 7.24. The molecule has 0 aliphatic carbocycles. The van der Waals surface area contributed by atoms with Crippen molar-refractivity contribution in [1.29, 1.82) is 0 Å². The second kappa shape index (κ2) is 5.33. The van der Waals surface area contributed by atoms with E-state index in [-0.39, 0.29) is 5.41 Å². The van der Waals surface area contributed by atoms with Crippen LogP contribution in [0.5, 0.6) is 0 Å². The first-order chi connectivity index (χ1) is 8.50. The maximum absolute atomic E-state index is 4.58. The van der Waals surface area contributed by atoms with Crippen LogP contribution in [-0.4, -0.2) is 28.8 Å². The monoisotopic (exact) mass is 263 g/mol. The standard InChI is InChI=1S/C14H21N3S/c1-14(2,3)12(15-4)9-18-13-16-10-7-5-6-8-11(10)17-13/h5-8,12,15H,9H2,1-4H3,(H,16,17). The van der Waals surface area contributed by atoms with Crippen LogP contribution in [-0.2, 0) is 0 Å². The van der Waals surface area contributed by atoms with Crippen LogP contribution in [0.4, 0.5) is 0 Å². The summed E-state index contributed by atoms with van der Waals surface area (Å²) < 4.78 is 0. The summed E-state index contributed by atoms with van der Waals surface area (Å²) in [6, 6.07) is 8.61. The molecule has 1 aromatic carbocycles. The van der Waals surface area contributed by atoms with Crippen molar-refractivity contribution >= 4 is 22.8 Å². The predicted molar refractivity (Wildman–Crippen MR) is 79.1 cm³/mol. The Balaban J connectivity index is 2.05. The average Bonchev–Trinajstić information content (AvgIpc) is 2.70. The predicted octanol–water partition coefficient (Wildman–Crippen LogP) is 3.29. The quantitative estimate of drug-likeness (QED) is 0.832. The maximum atomic E-state index is 4.58. The van der Waals surface area contributed by atoms with Gasteiger partial charge in [-0.3, -0.25) is 0 Å². The van der Waals surface area contributed by atoms with E-state index in [1.54, 1.807) is 11.8 Å². The Morgan fingerprint density at radius 2 is 2.06 bits per heavy atom. The third-order valence-corrected chi connectivity index (χ3v) is 4.12. The van der Waals surface area contributed by atoms with E-state index < -0.39 is 0 Å². The number of nitrogens with one attached hydrogen (secondary N) is 2. The molecular weight excluding hydrogens is 242 g/mol. The number of H-pyrrole nitrogens is 1. The van der Waals surface area contributed by atoms with Crippen LogP contribution < -0.4 is 5.32 Å². The number of rotatable bonds is 4. The molecule has 0 aliphatic heterocycles. The molecule has 0 fully saturated rings. The summed E-state index contributed by atoms with van der Waals surface area (Å²) in [5.41, 5.74) is 2.40. The van der Waals surface area contributed by atoms with Crippen LogP contribution in [0.3, 0.4) is 0 Å². The number of aromatic nitrogens is 2. The summed E-state index contributed by atoms with van der Waals surface area (Å²) in [5, 5.41) is 4.38. The molecule has 0 amide bonds. The zero-order valence-corrected chi connectivity index (χ0v) is 12.3. The van der Waals surface area contributed by atoms with Crippen molar-refractivity contribution in [3.63, 3.8) is 0 Å². The lowest BCUT2D eigenvalue weighted by Crippen LogP contribution is -2.40. The van der Waals surface area contributed by atoms with Crippen LogP contribution in [0.15, 0.2) is 29.4 Å². The number of fused-ring (bicyclic) bond motifs is 1. The van der Waals surface area contributed by atoms with Gasteiger partial charge in [-0.2, -0.15) is 0 Å². The summed E-state index contributed by atoms with van der Waals surface area (Å²) in [4.78, 5) is 7.93. The Labute approximate surface area is 113 Å². The summed E-state index contributed by atoms with van der Waals surface area (Å²) in [6.07, 6.45) is 0. The third-order valence-electron chi connectivity index (χ3n) is 3.15. The lowest BCUT2D eigenvalue weighted by atomic mass is 9.88. The molecule has 1 unspecified atom stereocenters. The minimum atomic E-state index is 0.258. The van der Waals surface area contributed by atoms with Gasteiger partial charge in [0.25, 0.3) is 0 Å². The SMILES string of the molecule is CNC(CSc1nc2ccccc2[nH]1)C(C)(C)C. The Hall–Kier alpha value is -1.00. The largest absolute Gasteiger partial charge is 0.333 e. The van der Waals surface area contributed by atoms with Gasteiger partial charge >= 0.3 is 0 Å². The molecule has 1 atom stereocenters. The molecular formula is C14H21N3S. The highest BCUT2D eigenvalue weighted by molar-refractivity contribution is 7.99. The molecule has 3 nitrogen and oxygen atoms in total. The molecule has 0 saturated heterocycles. The van der Waals surface area contributed by atoms with Gasteiger partial charge in [-0.05, 0) is 24.6 Å². The number of thioether (sulfide) groups is 1. The van der Waals surface area contributed by atoms with Crippen LogP contribution in [0, 0.1) is 5.41 Å². The van der Waals surface area contributed by atoms with Crippen LogP contribution >= 0.6 is 11.8 Å². The van der Waals surface area contributed by atoms with E-state index >= 15 is 0 Å². The number of benzene rings is 1. The summed E-state index contributed by atoms with van der Waals surface area (Å²) >= 11 is 1.78. The van der Waals surface area contributed by atoms with Gasteiger partial charge < -0.3 is 10.3 Å². The molecule has 0 aliphatic rings. The smallest absolute Gasteiger partial charge is 0.166 e. The fraction of sp³-hybridized carbons (Fsp3) is 0.500. The molecule has 0 radical (unpaired) electrons. The Morgan fingerprint density at radius 3 is 2.67 bits per heavy atom. The Bertz CT molecular complexity index is 480. The zero-order chi connectivity index (χ0) is 13.2. The zero-order valence-electron chi connectivity index (χ0n) is 11.4. The number of hydrogen-bond donors (Lipinski definition) is 2. The van der Waals surface area contributed by atoms with Crippen LogP contribution in [0.25, 0.3) is 11.0 Å². The van der Waals surface area contributed by atoms with Crippen molar-refractivity contribution in [2.75, 3.05) is 12.8 Å². The van der Waals surface area contributed by atoms with Gasteiger partial charge in [0.05, 0.1) is 11.0 Å². The highest BCUT2D eigenvalue weighted by atomic mass is 32.2. The minimum Gasteiger partial charge on any atom is -0.333 e. The van der Waals surface area contributed by atoms with Gasteiger partial charge in [0.1, 0.15) is 0 Å². The minimum absolute atomic E-state index is 0.258. The molecule has 0 bridgehead atoms. The third kappa shape index (κ3) is 3.06. The first-order valence-electron chi connectivity index (χ1n) is 6.25. The summed E-state index contributed by atoms with van der Waals surface area (Å²) in [5.74, 6) is 1.01. The van der Waals surface area contributed by atoms with Gasteiger partial charge in [0.15, 0.2) is 5.16 Å². The molecule has 2 aromatic rings. The number of aromatic amines is 1. The molecule has 0 saturated carbocycles. The van der Waals surface area contributed by atoms with E-state index in [1.807, 2.05) is 25.2 Å². The van der Waals surface area contributed by atoms with Gasteiger partial charge in [-0.25, -0.2) is 4.98 Å². The first kappa shape index (κ1) is 13.4. The summed E-state index contributed by atoms with van der Waals surface area (Å²) in [6.45, 7) is 6.77. The topological polar surface area (TPSA) is 40.7 Å². The number of hydrogen-bond acceptors (Lipinski definition) is 3. The molecule has 4 heteroatoms. The van der Waals surface area contributed by atoms with E-state index in [0.29, 0.717) is 6.04 Å². The van der Waals surface area contributed by atoms with Crippen molar-refractivity contribution in [3.8, 4) is 0 Å². The maximum Gasteiger partial charge on any atom is 0.166 e. The lowest BCUT2D eigenvalue weighted by Gasteiger charge is -2.29. The van der Waals surface area contributed by atoms with Crippen molar-refractivity contribution in [2.24, 2.45) is 5.41 Å². The van der Waals surface area contributed by atoms with Gasteiger partial charge in [0.2, 0.25) is 0 Å². The average molecular weight is 263 g/mol.